The van der Waals surface area contributed by atoms with Crippen LogP contribution in [0.2, 0.25) is 0 Å². The molecule has 20 heavy (non-hydrogen) atoms. The zero-order chi connectivity index (χ0) is 14.4. The van der Waals surface area contributed by atoms with Gasteiger partial charge in [-0.15, -0.1) is 0 Å². The van der Waals surface area contributed by atoms with Crippen LogP contribution in [0.4, 0.5) is 0 Å². The molecule has 0 amide bonds. The third-order valence-corrected chi connectivity index (χ3v) is 3.34. The summed E-state index contributed by atoms with van der Waals surface area (Å²) in [5, 5.41) is 7.87. The second-order valence-corrected chi connectivity index (χ2v) is 5.74. The normalized spacial score (nSPS) is 11.2. The smallest absolute Gasteiger partial charge is 0.0659 e. The molecule has 0 aliphatic rings. The molecule has 0 fully saturated rings. The fourth-order valence-electron chi connectivity index (χ4n) is 2.16. The van der Waals surface area contributed by atoms with E-state index < -0.39 is 0 Å². The van der Waals surface area contributed by atoms with Gasteiger partial charge >= 0.3 is 0 Å². The number of hydrogen-bond acceptors (Lipinski definition) is 2. The average molecular weight is 271 g/mol. The number of aryl methyl sites for hydroxylation is 1. The van der Waals surface area contributed by atoms with Crippen molar-refractivity contribution >= 4 is 0 Å². The Hall–Kier alpha value is -1.61. The van der Waals surface area contributed by atoms with E-state index in [2.05, 4.69) is 61.6 Å². The first-order valence-corrected chi connectivity index (χ1v) is 7.47. The Labute approximate surface area is 122 Å². The van der Waals surface area contributed by atoms with Crippen LogP contribution < -0.4 is 5.32 Å². The topological polar surface area (TPSA) is 29.9 Å². The number of aromatic nitrogens is 2. The van der Waals surface area contributed by atoms with Crippen LogP contribution >= 0.6 is 0 Å². The maximum Gasteiger partial charge on any atom is 0.0659 e. The van der Waals surface area contributed by atoms with Gasteiger partial charge in [-0.3, -0.25) is 4.68 Å². The molecule has 1 N–H and O–H groups in total. The highest BCUT2D eigenvalue weighted by Gasteiger charge is 2.01. The molecule has 0 aliphatic carbocycles. The molecule has 2 rings (SSSR count). The first kappa shape index (κ1) is 14.8. The molecule has 0 atom stereocenters. The van der Waals surface area contributed by atoms with Gasteiger partial charge in [0, 0.05) is 18.3 Å². The molecule has 1 heterocycles. The van der Waals surface area contributed by atoms with E-state index in [-0.39, 0.29) is 0 Å². The molecule has 0 spiro atoms. The van der Waals surface area contributed by atoms with Crippen molar-refractivity contribution in [1.29, 1.82) is 0 Å². The molecule has 3 heteroatoms. The quantitative estimate of drug-likeness (QED) is 0.838. The van der Waals surface area contributed by atoms with Crippen molar-refractivity contribution < 1.29 is 0 Å². The highest BCUT2D eigenvalue weighted by atomic mass is 15.3. The first-order chi connectivity index (χ1) is 9.67. The lowest BCUT2D eigenvalue weighted by Crippen LogP contribution is -2.18. The minimum absolute atomic E-state index is 0.683. The predicted octanol–water partition coefficient (Wildman–Crippen LogP) is 3.24. The molecule has 0 radical (unpaired) electrons. The van der Waals surface area contributed by atoms with Crippen LogP contribution in [0, 0.1) is 5.92 Å². The summed E-state index contributed by atoms with van der Waals surface area (Å²) in [6.07, 6.45) is 5.17. The van der Waals surface area contributed by atoms with Crippen LogP contribution in [0.1, 0.15) is 37.5 Å². The summed E-state index contributed by atoms with van der Waals surface area (Å²) in [4.78, 5) is 0. The third kappa shape index (κ3) is 4.49. The van der Waals surface area contributed by atoms with E-state index in [1.165, 1.54) is 16.7 Å². The number of hydrogen-bond donors (Lipinski definition) is 1. The molecule has 108 valence electrons. The summed E-state index contributed by atoms with van der Waals surface area (Å²) < 4.78 is 2.01. The summed E-state index contributed by atoms with van der Waals surface area (Å²) >= 11 is 0. The van der Waals surface area contributed by atoms with Gasteiger partial charge in [0.1, 0.15) is 0 Å². The Morgan fingerprint density at radius 3 is 2.45 bits per heavy atom. The Kier molecular flexibility index (Phi) is 5.36. The molecule has 1 aromatic carbocycles. The van der Waals surface area contributed by atoms with Crippen molar-refractivity contribution in [3.8, 4) is 0 Å². The van der Waals surface area contributed by atoms with Crippen LogP contribution in [0.3, 0.4) is 0 Å². The highest BCUT2D eigenvalue weighted by Crippen LogP contribution is 2.07. The summed E-state index contributed by atoms with van der Waals surface area (Å²) in [6.45, 7) is 9.40. The Morgan fingerprint density at radius 2 is 1.80 bits per heavy atom. The molecular formula is C17H25N3. The van der Waals surface area contributed by atoms with Crippen LogP contribution in [0.5, 0.6) is 0 Å². The molecule has 3 nitrogen and oxygen atoms in total. The van der Waals surface area contributed by atoms with E-state index in [0.29, 0.717) is 5.92 Å². The van der Waals surface area contributed by atoms with E-state index >= 15 is 0 Å². The molecular weight excluding hydrogens is 246 g/mol. The van der Waals surface area contributed by atoms with Gasteiger partial charge in [0.05, 0.1) is 12.7 Å². The average Bonchev–Trinajstić information content (AvgIpc) is 2.87. The second-order valence-electron chi connectivity index (χ2n) is 5.74. The summed E-state index contributed by atoms with van der Waals surface area (Å²) in [5.74, 6) is 0.683. The lowest BCUT2D eigenvalue weighted by Gasteiger charge is -2.05. The zero-order valence-electron chi connectivity index (χ0n) is 12.8. The molecule has 0 unspecified atom stereocenters. The molecule has 0 aliphatic heterocycles. The van der Waals surface area contributed by atoms with Gasteiger partial charge < -0.3 is 5.32 Å². The fraction of sp³-hybridized carbons (Fsp3) is 0.471. The first-order valence-electron chi connectivity index (χ1n) is 7.47. The summed E-state index contributed by atoms with van der Waals surface area (Å²) in [7, 11) is 0. The largest absolute Gasteiger partial charge is 0.312 e. The maximum absolute atomic E-state index is 4.43. The van der Waals surface area contributed by atoms with Crippen molar-refractivity contribution in [3.05, 3.63) is 53.3 Å². The van der Waals surface area contributed by atoms with Gasteiger partial charge in [-0.2, -0.15) is 5.10 Å². The SMILES string of the molecule is CCc1ccc(Cn2cc(CNCC(C)C)cn2)cc1. The second kappa shape index (κ2) is 7.25. The van der Waals surface area contributed by atoms with E-state index in [0.717, 1.165) is 26.1 Å². The van der Waals surface area contributed by atoms with E-state index in [4.69, 9.17) is 0 Å². The molecule has 1 aromatic heterocycles. The van der Waals surface area contributed by atoms with Gasteiger partial charge in [-0.05, 0) is 30.0 Å². The van der Waals surface area contributed by atoms with Gasteiger partial charge in [0.15, 0.2) is 0 Å². The fourth-order valence-corrected chi connectivity index (χ4v) is 2.16. The van der Waals surface area contributed by atoms with Gasteiger partial charge in [-0.1, -0.05) is 45.0 Å². The van der Waals surface area contributed by atoms with Gasteiger partial charge in [0.25, 0.3) is 0 Å². The minimum Gasteiger partial charge on any atom is -0.312 e. The molecule has 0 saturated heterocycles. The third-order valence-electron chi connectivity index (χ3n) is 3.34. The predicted molar refractivity (Wildman–Crippen MR) is 83.7 cm³/mol. The van der Waals surface area contributed by atoms with Crippen LogP contribution in [0.15, 0.2) is 36.7 Å². The zero-order valence-corrected chi connectivity index (χ0v) is 12.8. The molecule has 0 saturated carbocycles. The molecule has 2 aromatic rings. The number of rotatable bonds is 7. The van der Waals surface area contributed by atoms with Crippen LogP contribution in [0.25, 0.3) is 0 Å². The van der Waals surface area contributed by atoms with E-state index in [9.17, 15) is 0 Å². The summed E-state index contributed by atoms with van der Waals surface area (Å²) in [6, 6.07) is 8.78. The van der Waals surface area contributed by atoms with Crippen molar-refractivity contribution in [3.63, 3.8) is 0 Å². The minimum atomic E-state index is 0.683. The van der Waals surface area contributed by atoms with E-state index in [1.807, 2.05) is 10.9 Å². The summed E-state index contributed by atoms with van der Waals surface area (Å²) in [5.41, 5.74) is 3.93. The van der Waals surface area contributed by atoms with Crippen molar-refractivity contribution in [1.82, 2.24) is 15.1 Å². The standard InChI is InChI=1S/C17H25N3/c1-4-15-5-7-16(8-6-15)12-20-13-17(11-19-20)10-18-9-14(2)3/h5-8,11,13-14,18H,4,9-10,12H2,1-3H3. The highest BCUT2D eigenvalue weighted by molar-refractivity contribution is 5.22. The number of nitrogens with zero attached hydrogens (tertiary/aromatic N) is 2. The van der Waals surface area contributed by atoms with Crippen LogP contribution in [-0.4, -0.2) is 16.3 Å². The van der Waals surface area contributed by atoms with E-state index in [1.54, 1.807) is 0 Å². The van der Waals surface area contributed by atoms with Crippen LogP contribution in [-0.2, 0) is 19.5 Å². The Bertz CT molecular complexity index is 511. The maximum atomic E-state index is 4.43. The number of nitrogens with one attached hydrogen (secondary N) is 1. The Morgan fingerprint density at radius 1 is 1.10 bits per heavy atom. The van der Waals surface area contributed by atoms with Gasteiger partial charge in [-0.25, -0.2) is 0 Å². The van der Waals surface area contributed by atoms with Crippen molar-refractivity contribution in [2.24, 2.45) is 5.92 Å². The van der Waals surface area contributed by atoms with Crippen molar-refractivity contribution in [2.75, 3.05) is 6.54 Å². The van der Waals surface area contributed by atoms with Crippen molar-refractivity contribution in [2.45, 2.75) is 40.3 Å². The lowest BCUT2D eigenvalue weighted by molar-refractivity contribution is 0.552. The van der Waals surface area contributed by atoms with Gasteiger partial charge in [0.2, 0.25) is 0 Å². The molecule has 0 bridgehead atoms. The Balaban J connectivity index is 1.88. The monoisotopic (exact) mass is 271 g/mol. The lowest BCUT2D eigenvalue weighted by atomic mass is 10.1. The number of benzene rings is 1.